The standard InChI is InChI=1S/C22H22F2N4O3S/c1-4-9-32(30,31)27-16-6-8-19(26-20-7-5-15(23)11-18(20)24)17(12-16)14-10-21(25-2)22(29)28(3)13-14/h4-13,25-27H,1-3H3/b9-4+. The molecular formula is C22H22F2N4O3S. The predicted octanol–water partition coefficient (Wildman–Crippen LogP) is 4.39. The first kappa shape index (κ1) is 23.0. The molecule has 32 heavy (non-hydrogen) atoms. The Bertz CT molecular complexity index is 1350. The largest absolute Gasteiger partial charge is 0.384 e. The van der Waals surface area contributed by atoms with Crippen molar-refractivity contribution in [2.75, 3.05) is 22.4 Å². The molecule has 0 amide bonds. The van der Waals surface area contributed by atoms with Gasteiger partial charge < -0.3 is 15.2 Å². The first-order valence-electron chi connectivity index (χ1n) is 9.54. The van der Waals surface area contributed by atoms with Crippen molar-refractivity contribution >= 4 is 32.8 Å². The molecule has 3 rings (SSSR count). The number of pyridine rings is 1. The van der Waals surface area contributed by atoms with Crippen LogP contribution in [0.25, 0.3) is 11.1 Å². The van der Waals surface area contributed by atoms with Gasteiger partial charge in [0.05, 0.1) is 5.69 Å². The van der Waals surface area contributed by atoms with Crippen molar-refractivity contribution in [2.45, 2.75) is 6.92 Å². The molecule has 7 nitrogen and oxygen atoms in total. The lowest BCUT2D eigenvalue weighted by atomic mass is 10.0. The fourth-order valence-corrected chi connectivity index (χ4v) is 3.99. The molecule has 3 N–H and O–H groups in total. The van der Waals surface area contributed by atoms with Gasteiger partial charge in [0.1, 0.15) is 17.3 Å². The second-order valence-electron chi connectivity index (χ2n) is 6.93. The molecule has 10 heteroatoms. The average Bonchev–Trinajstić information content (AvgIpc) is 2.72. The summed E-state index contributed by atoms with van der Waals surface area (Å²) in [6, 6.07) is 9.38. The van der Waals surface area contributed by atoms with Gasteiger partial charge in [0.2, 0.25) is 0 Å². The zero-order valence-electron chi connectivity index (χ0n) is 17.6. The minimum atomic E-state index is -3.71. The van der Waals surface area contributed by atoms with Gasteiger partial charge >= 0.3 is 0 Å². The molecule has 0 spiro atoms. The monoisotopic (exact) mass is 460 g/mol. The Labute approximate surface area is 184 Å². The maximum Gasteiger partial charge on any atom is 0.273 e. The number of halogens is 2. The summed E-state index contributed by atoms with van der Waals surface area (Å²) in [7, 11) is -0.527. The molecule has 0 saturated heterocycles. The number of sulfonamides is 1. The van der Waals surface area contributed by atoms with Crippen molar-refractivity contribution in [3.8, 4) is 11.1 Å². The molecule has 0 aliphatic carbocycles. The third-order valence-corrected chi connectivity index (χ3v) is 5.71. The Kier molecular flexibility index (Phi) is 6.64. The van der Waals surface area contributed by atoms with E-state index in [-0.39, 0.29) is 16.9 Å². The van der Waals surface area contributed by atoms with Gasteiger partial charge in [0.25, 0.3) is 15.6 Å². The number of aromatic nitrogens is 1. The van der Waals surface area contributed by atoms with E-state index in [1.807, 2.05) is 0 Å². The normalized spacial score (nSPS) is 11.5. The fraction of sp³-hybridized carbons (Fsp3) is 0.136. The summed E-state index contributed by atoms with van der Waals surface area (Å²) < 4.78 is 55.6. The molecule has 3 aromatic rings. The van der Waals surface area contributed by atoms with Gasteiger partial charge in [-0.1, -0.05) is 6.08 Å². The molecule has 0 aliphatic rings. The molecule has 1 aromatic heterocycles. The van der Waals surface area contributed by atoms with Crippen LogP contribution in [0, 0.1) is 11.6 Å². The predicted molar refractivity (Wildman–Crippen MR) is 124 cm³/mol. The first-order chi connectivity index (χ1) is 15.1. The molecule has 0 atom stereocenters. The van der Waals surface area contributed by atoms with Gasteiger partial charge in [-0.3, -0.25) is 9.52 Å². The zero-order valence-corrected chi connectivity index (χ0v) is 18.4. The van der Waals surface area contributed by atoms with Crippen molar-refractivity contribution in [3.63, 3.8) is 0 Å². The van der Waals surface area contributed by atoms with Crippen LogP contribution in [0.2, 0.25) is 0 Å². The third-order valence-electron chi connectivity index (χ3n) is 4.56. The lowest BCUT2D eigenvalue weighted by Crippen LogP contribution is -2.19. The second kappa shape index (κ2) is 9.23. The number of hydrogen-bond donors (Lipinski definition) is 3. The van der Waals surface area contributed by atoms with Crippen LogP contribution in [0.3, 0.4) is 0 Å². The summed E-state index contributed by atoms with van der Waals surface area (Å²) in [6.45, 7) is 1.58. The summed E-state index contributed by atoms with van der Waals surface area (Å²) in [5.41, 5.74) is 1.85. The Morgan fingerprint density at radius 1 is 1.00 bits per heavy atom. The molecule has 0 aliphatic heterocycles. The van der Waals surface area contributed by atoms with E-state index in [1.165, 1.54) is 22.8 Å². The Morgan fingerprint density at radius 3 is 2.38 bits per heavy atom. The number of rotatable bonds is 7. The Balaban J connectivity index is 2.17. The molecule has 0 unspecified atom stereocenters. The molecule has 1 heterocycles. The highest BCUT2D eigenvalue weighted by Crippen LogP contribution is 2.34. The number of nitrogens with one attached hydrogen (secondary N) is 3. The van der Waals surface area contributed by atoms with Crippen molar-refractivity contribution in [1.29, 1.82) is 0 Å². The molecule has 2 aromatic carbocycles. The molecule has 0 saturated carbocycles. The van der Waals surface area contributed by atoms with Crippen LogP contribution < -0.4 is 20.9 Å². The topological polar surface area (TPSA) is 92.2 Å². The van der Waals surface area contributed by atoms with Crippen LogP contribution >= 0.6 is 0 Å². The summed E-state index contributed by atoms with van der Waals surface area (Å²) >= 11 is 0. The minimum absolute atomic E-state index is 0.0357. The molecule has 0 fully saturated rings. The highest BCUT2D eigenvalue weighted by molar-refractivity contribution is 7.95. The van der Waals surface area contributed by atoms with Gasteiger partial charge in [0, 0.05) is 54.3 Å². The van der Waals surface area contributed by atoms with Crippen molar-refractivity contribution in [3.05, 3.63) is 82.1 Å². The summed E-state index contributed by atoms with van der Waals surface area (Å²) in [5.74, 6) is -1.50. The van der Waals surface area contributed by atoms with Crippen LogP contribution in [-0.4, -0.2) is 20.0 Å². The zero-order chi connectivity index (χ0) is 23.5. The van der Waals surface area contributed by atoms with Gasteiger partial charge in [-0.05, 0) is 43.3 Å². The number of hydrogen-bond acceptors (Lipinski definition) is 5. The summed E-state index contributed by atoms with van der Waals surface area (Å²) in [6.07, 6.45) is 2.97. The third kappa shape index (κ3) is 5.14. The highest BCUT2D eigenvalue weighted by atomic mass is 32.2. The summed E-state index contributed by atoms with van der Waals surface area (Å²) in [4.78, 5) is 12.3. The van der Waals surface area contributed by atoms with E-state index in [0.29, 0.717) is 22.5 Å². The highest BCUT2D eigenvalue weighted by Gasteiger charge is 2.14. The second-order valence-corrected chi connectivity index (χ2v) is 8.50. The van der Waals surface area contributed by atoms with Crippen molar-refractivity contribution in [2.24, 2.45) is 7.05 Å². The van der Waals surface area contributed by atoms with E-state index in [1.54, 1.807) is 45.4 Å². The number of aryl methyl sites for hydroxylation is 1. The minimum Gasteiger partial charge on any atom is -0.384 e. The quantitative estimate of drug-likeness (QED) is 0.486. The molecule has 168 valence electrons. The van der Waals surface area contributed by atoms with Crippen LogP contribution in [0.15, 0.2) is 64.9 Å². The van der Waals surface area contributed by atoms with Crippen molar-refractivity contribution < 1.29 is 17.2 Å². The fourth-order valence-electron chi connectivity index (χ4n) is 3.11. The first-order valence-corrected chi connectivity index (χ1v) is 11.1. The van der Waals surface area contributed by atoms with Gasteiger partial charge in [-0.2, -0.15) is 0 Å². The van der Waals surface area contributed by atoms with E-state index in [2.05, 4.69) is 15.4 Å². The molecular weight excluding hydrogens is 438 g/mol. The maximum atomic E-state index is 14.2. The number of anilines is 4. The van der Waals surface area contributed by atoms with E-state index in [9.17, 15) is 22.0 Å². The van der Waals surface area contributed by atoms with Crippen LogP contribution in [0.5, 0.6) is 0 Å². The molecule has 0 radical (unpaired) electrons. The smallest absolute Gasteiger partial charge is 0.273 e. The van der Waals surface area contributed by atoms with Crippen LogP contribution in [-0.2, 0) is 17.1 Å². The number of nitrogens with zero attached hydrogens (tertiary/aromatic N) is 1. The van der Waals surface area contributed by atoms with Crippen LogP contribution in [0.4, 0.5) is 31.5 Å². The lowest BCUT2D eigenvalue weighted by Gasteiger charge is -2.16. The average molecular weight is 461 g/mol. The SMILES string of the molecule is C/C=C/S(=O)(=O)Nc1ccc(Nc2ccc(F)cc2F)c(-c2cc(NC)c(=O)n(C)c2)c1. The van der Waals surface area contributed by atoms with Crippen molar-refractivity contribution in [1.82, 2.24) is 4.57 Å². The van der Waals surface area contributed by atoms with E-state index >= 15 is 0 Å². The summed E-state index contributed by atoms with van der Waals surface area (Å²) in [5, 5.41) is 6.76. The van der Waals surface area contributed by atoms with Crippen LogP contribution in [0.1, 0.15) is 6.92 Å². The van der Waals surface area contributed by atoms with Gasteiger partial charge in [-0.25, -0.2) is 17.2 Å². The number of benzene rings is 2. The Morgan fingerprint density at radius 2 is 1.72 bits per heavy atom. The van der Waals surface area contributed by atoms with Gasteiger partial charge in [-0.15, -0.1) is 0 Å². The maximum absolute atomic E-state index is 14.2. The Hall–Kier alpha value is -3.66. The molecule has 0 bridgehead atoms. The van der Waals surface area contributed by atoms with Gasteiger partial charge in [0.15, 0.2) is 0 Å². The number of allylic oxidation sites excluding steroid dienone is 1. The van der Waals surface area contributed by atoms with E-state index < -0.39 is 21.7 Å². The lowest BCUT2D eigenvalue weighted by molar-refractivity contribution is 0.586. The van der Waals surface area contributed by atoms with E-state index in [0.717, 1.165) is 17.5 Å². The van der Waals surface area contributed by atoms with E-state index in [4.69, 9.17) is 0 Å².